The molecule has 0 spiro atoms. The van der Waals surface area contributed by atoms with Crippen LogP contribution in [0.3, 0.4) is 0 Å². The molecule has 0 aliphatic heterocycles. The second kappa shape index (κ2) is 16.7. The predicted molar refractivity (Wildman–Crippen MR) is 255 cm³/mol. The first-order valence-electron chi connectivity index (χ1n) is 21.7. The van der Waals surface area contributed by atoms with Gasteiger partial charge in [0.25, 0.3) is 0 Å². The van der Waals surface area contributed by atoms with E-state index in [1.807, 2.05) is 48.5 Å². The fraction of sp³-hybridized carbons (Fsp3) is 0.263. The fourth-order valence-corrected chi connectivity index (χ4v) is 8.68. The van der Waals surface area contributed by atoms with Gasteiger partial charge in [-0.1, -0.05) is 139 Å². The normalized spacial score (nSPS) is 12.7. The van der Waals surface area contributed by atoms with Crippen molar-refractivity contribution in [3.63, 3.8) is 0 Å². The Morgan fingerprint density at radius 2 is 0.967 bits per heavy atom. The summed E-state index contributed by atoms with van der Waals surface area (Å²) in [7, 11) is 0. The standard InChI is InChI=1S/C57H58O4/c1-36-26-28-38-18-9-11-20-42(38)52(36)48-34-40(56(3,4)5)32-46(54(48)58)44-22-13-15-24-50(44)60-30-17-31-61-51-25-16-14-23-45(51)47-33-41(57(6,7)8)35-49(55(47)59)53-37(2)27-29-39-19-10-12-21-43(39)53/h9,11,13-16,18-29,32-35,58-59H,10,12,17,30-31H2,1-8H3. The molecule has 4 heteroatoms. The summed E-state index contributed by atoms with van der Waals surface area (Å²) in [5, 5.41) is 29.0. The second-order valence-corrected chi connectivity index (χ2v) is 18.6. The molecule has 0 radical (unpaired) electrons. The molecule has 310 valence electrons. The van der Waals surface area contributed by atoms with Crippen molar-refractivity contribution in [3.8, 4) is 67.5 Å². The number of benzene rings is 7. The summed E-state index contributed by atoms with van der Waals surface area (Å²) in [5.41, 5.74) is 11.2. The average molecular weight is 807 g/mol. The molecule has 0 bridgehead atoms. The summed E-state index contributed by atoms with van der Waals surface area (Å²) in [5.74, 6) is 1.91. The molecule has 0 heterocycles. The van der Waals surface area contributed by atoms with E-state index in [1.54, 1.807) is 0 Å². The van der Waals surface area contributed by atoms with Gasteiger partial charge in [-0.15, -0.1) is 0 Å². The van der Waals surface area contributed by atoms with Crippen LogP contribution in [0.15, 0.2) is 121 Å². The Labute approximate surface area is 361 Å². The van der Waals surface area contributed by atoms with E-state index in [1.165, 1.54) is 10.4 Å². The third-order valence-corrected chi connectivity index (χ3v) is 12.2. The van der Waals surface area contributed by atoms with E-state index >= 15 is 0 Å². The van der Waals surface area contributed by atoms with Crippen molar-refractivity contribution in [2.45, 2.75) is 85.5 Å². The number of rotatable bonds is 10. The highest BCUT2D eigenvalue weighted by Gasteiger charge is 2.25. The summed E-state index contributed by atoms with van der Waals surface area (Å²) >= 11 is 0. The van der Waals surface area contributed by atoms with Crippen molar-refractivity contribution in [2.24, 2.45) is 0 Å². The number of ether oxygens (including phenoxy) is 2. The molecule has 0 aromatic heterocycles. The Morgan fingerprint density at radius 3 is 1.56 bits per heavy atom. The van der Waals surface area contributed by atoms with Crippen molar-refractivity contribution in [2.75, 3.05) is 13.2 Å². The second-order valence-electron chi connectivity index (χ2n) is 18.6. The van der Waals surface area contributed by atoms with Gasteiger partial charge in [0.1, 0.15) is 23.0 Å². The molecule has 0 saturated heterocycles. The molecule has 1 aliphatic carbocycles. The number of fused-ring (bicyclic) bond motifs is 2. The van der Waals surface area contributed by atoms with Crippen molar-refractivity contribution < 1.29 is 19.7 Å². The molecule has 2 N–H and O–H groups in total. The quantitative estimate of drug-likeness (QED) is 0.135. The highest BCUT2D eigenvalue weighted by atomic mass is 16.5. The molecule has 0 atom stereocenters. The fourth-order valence-electron chi connectivity index (χ4n) is 8.68. The van der Waals surface area contributed by atoms with Gasteiger partial charge in [0, 0.05) is 39.8 Å². The largest absolute Gasteiger partial charge is 0.507 e. The maximum absolute atomic E-state index is 12.2. The first-order chi connectivity index (χ1) is 29.2. The molecule has 61 heavy (non-hydrogen) atoms. The van der Waals surface area contributed by atoms with Crippen LogP contribution in [0.2, 0.25) is 0 Å². The maximum atomic E-state index is 12.2. The highest BCUT2D eigenvalue weighted by Crippen LogP contribution is 2.48. The number of aryl methyl sites for hydroxylation is 2. The van der Waals surface area contributed by atoms with Gasteiger partial charge >= 0.3 is 0 Å². The van der Waals surface area contributed by atoms with Crippen LogP contribution in [-0.4, -0.2) is 23.4 Å². The Hall–Kier alpha value is -6.26. The first kappa shape index (κ1) is 41.5. The van der Waals surface area contributed by atoms with Gasteiger partial charge in [0.15, 0.2) is 0 Å². The molecule has 0 fully saturated rings. The van der Waals surface area contributed by atoms with Gasteiger partial charge in [0.2, 0.25) is 0 Å². The van der Waals surface area contributed by atoms with Gasteiger partial charge < -0.3 is 19.7 Å². The van der Waals surface area contributed by atoms with E-state index in [9.17, 15) is 10.2 Å². The zero-order valence-corrected chi connectivity index (χ0v) is 36.9. The molecule has 8 rings (SSSR count). The topological polar surface area (TPSA) is 58.9 Å². The molecule has 0 amide bonds. The molecular weight excluding hydrogens is 749 g/mol. The number of para-hydroxylation sites is 2. The Morgan fingerprint density at radius 1 is 0.492 bits per heavy atom. The smallest absolute Gasteiger partial charge is 0.131 e. The highest BCUT2D eigenvalue weighted by molar-refractivity contribution is 6.01. The summed E-state index contributed by atoms with van der Waals surface area (Å²) < 4.78 is 13.0. The minimum Gasteiger partial charge on any atom is -0.507 e. The predicted octanol–water partition coefficient (Wildman–Crippen LogP) is 13.3. The SMILES string of the molecule is Cc1ccc2c(c1-c1cc(C(C)(C)C)cc(-c3ccccc3OCCCOc3ccccc3-c3cc(C(C)(C)C)cc(-c4c(C)ccc5ccccc45)c3O)c1O)=CCCC=2. The van der Waals surface area contributed by atoms with Gasteiger partial charge in [-0.05, 0) is 129 Å². The van der Waals surface area contributed by atoms with E-state index < -0.39 is 0 Å². The number of aromatic hydroxyl groups is 2. The van der Waals surface area contributed by atoms with E-state index in [0.717, 1.165) is 90.4 Å². The van der Waals surface area contributed by atoms with Crippen molar-refractivity contribution in [1.82, 2.24) is 0 Å². The molecule has 0 saturated carbocycles. The van der Waals surface area contributed by atoms with Crippen LogP contribution < -0.4 is 19.9 Å². The monoisotopic (exact) mass is 806 g/mol. The molecule has 7 aromatic rings. The van der Waals surface area contributed by atoms with Crippen LogP contribution in [0.1, 0.15) is 83.1 Å². The van der Waals surface area contributed by atoms with Gasteiger partial charge in [-0.25, -0.2) is 0 Å². The third-order valence-electron chi connectivity index (χ3n) is 12.2. The van der Waals surface area contributed by atoms with Gasteiger partial charge in [-0.3, -0.25) is 0 Å². The molecule has 1 aliphatic rings. The average Bonchev–Trinajstić information content (AvgIpc) is 3.24. The summed E-state index contributed by atoms with van der Waals surface area (Å²) in [6.07, 6.45) is 7.25. The van der Waals surface area contributed by atoms with Crippen LogP contribution >= 0.6 is 0 Å². The zero-order valence-electron chi connectivity index (χ0n) is 36.9. The molecule has 0 unspecified atom stereocenters. The van der Waals surface area contributed by atoms with Gasteiger partial charge in [-0.2, -0.15) is 0 Å². The molecule has 4 nitrogen and oxygen atoms in total. The molecular formula is C57H58O4. The lowest BCUT2D eigenvalue weighted by Crippen LogP contribution is -2.29. The van der Waals surface area contributed by atoms with Crippen LogP contribution in [0.5, 0.6) is 23.0 Å². The first-order valence-corrected chi connectivity index (χ1v) is 21.7. The van der Waals surface area contributed by atoms with E-state index in [2.05, 4.69) is 140 Å². The summed E-state index contributed by atoms with van der Waals surface area (Å²) in [6.45, 7) is 18.3. The van der Waals surface area contributed by atoms with Gasteiger partial charge in [0.05, 0.1) is 13.2 Å². The zero-order chi connectivity index (χ0) is 43.1. The number of hydrogen-bond donors (Lipinski definition) is 2. The Balaban J connectivity index is 1.07. The van der Waals surface area contributed by atoms with Crippen LogP contribution in [0.25, 0.3) is 67.4 Å². The van der Waals surface area contributed by atoms with E-state index in [0.29, 0.717) is 31.1 Å². The lowest BCUT2D eigenvalue weighted by molar-refractivity contribution is 0.248. The van der Waals surface area contributed by atoms with Crippen LogP contribution in [0.4, 0.5) is 0 Å². The third kappa shape index (κ3) is 8.29. The number of phenols is 2. The summed E-state index contributed by atoms with van der Waals surface area (Å²) in [4.78, 5) is 0. The summed E-state index contributed by atoms with van der Waals surface area (Å²) in [6, 6.07) is 41.5. The van der Waals surface area contributed by atoms with Crippen molar-refractivity contribution in [3.05, 3.63) is 154 Å². The number of phenolic OH excluding ortho intramolecular Hbond substituents is 2. The number of hydrogen-bond acceptors (Lipinski definition) is 4. The lowest BCUT2D eigenvalue weighted by atomic mass is 9.81. The van der Waals surface area contributed by atoms with E-state index in [-0.39, 0.29) is 22.3 Å². The Bertz CT molecular complexity index is 2900. The van der Waals surface area contributed by atoms with Crippen LogP contribution in [-0.2, 0) is 10.8 Å². The Kier molecular flexibility index (Phi) is 11.3. The van der Waals surface area contributed by atoms with Crippen molar-refractivity contribution >= 4 is 22.9 Å². The minimum atomic E-state index is -0.164. The lowest BCUT2D eigenvalue weighted by Gasteiger charge is -2.24. The molecule has 7 aromatic carbocycles. The van der Waals surface area contributed by atoms with E-state index in [4.69, 9.17) is 9.47 Å². The minimum absolute atomic E-state index is 0.152. The van der Waals surface area contributed by atoms with Crippen molar-refractivity contribution in [1.29, 1.82) is 0 Å². The maximum Gasteiger partial charge on any atom is 0.131 e. The van der Waals surface area contributed by atoms with Crippen LogP contribution in [0, 0.1) is 13.8 Å².